The number of allylic oxidation sites excluding steroid dienone is 1. The number of benzene rings is 1. The summed E-state index contributed by atoms with van der Waals surface area (Å²) in [7, 11) is 0. The molecule has 1 aromatic carbocycles. The van der Waals surface area contributed by atoms with Gasteiger partial charge in [-0.2, -0.15) is 0 Å². The zero-order valence-corrected chi connectivity index (χ0v) is 7.47. The fourth-order valence-corrected chi connectivity index (χ4v) is 1.11. The van der Waals surface area contributed by atoms with Crippen molar-refractivity contribution >= 4 is 0 Å². The summed E-state index contributed by atoms with van der Waals surface area (Å²) in [6, 6.07) is 4.78. The van der Waals surface area contributed by atoms with E-state index in [0.717, 1.165) is 11.5 Å². The lowest BCUT2D eigenvalue weighted by molar-refractivity contribution is 0.623. The van der Waals surface area contributed by atoms with Crippen LogP contribution in [0, 0.1) is 24.1 Å². The lowest BCUT2D eigenvalue weighted by Gasteiger charge is -2.08. The zero-order chi connectivity index (χ0) is 9.84. The quantitative estimate of drug-likeness (QED) is 0.603. The van der Waals surface area contributed by atoms with Crippen LogP contribution in [0.2, 0.25) is 0 Å². The highest BCUT2D eigenvalue weighted by atomic mass is 19.1. The molecule has 0 unspecified atom stereocenters. The van der Waals surface area contributed by atoms with Gasteiger partial charge in [0.1, 0.15) is 5.82 Å². The predicted molar refractivity (Wildman–Crippen MR) is 52.6 cm³/mol. The van der Waals surface area contributed by atoms with Gasteiger partial charge in [0.05, 0.1) is 5.56 Å². The minimum Gasteiger partial charge on any atom is -0.206 e. The van der Waals surface area contributed by atoms with E-state index in [2.05, 4.69) is 12.5 Å². The van der Waals surface area contributed by atoms with Crippen molar-refractivity contribution in [1.82, 2.24) is 0 Å². The Hall–Kier alpha value is -1.55. The molecule has 65 valence electrons. The molecule has 0 heterocycles. The standard InChI is InChI=1S/C12H10F/c1-4-9(3)11-7-6-8-12(13)10(11)5-2/h2,4,6-8H,1H2,3H3. The Balaban J connectivity index is 3.29. The van der Waals surface area contributed by atoms with Crippen LogP contribution in [0.5, 0.6) is 0 Å². The van der Waals surface area contributed by atoms with E-state index in [0.29, 0.717) is 5.56 Å². The van der Waals surface area contributed by atoms with Crippen LogP contribution in [-0.2, 0) is 0 Å². The van der Waals surface area contributed by atoms with Gasteiger partial charge in [0.15, 0.2) is 0 Å². The van der Waals surface area contributed by atoms with Crippen LogP contribution < -0.4 is 0 Å². The average molecular weight is 173 g/mol. The highest BCUT2D eigenvalue weighted by Crippen LogP contribution is 2.21. The van der Waals surface area contributed by atoms with Crippen LogP contribution in [-0.4, -0.2) is 0 Å². The van der Waals surface area contributed by atoms with E-state index in [-0.39, 0.29) is 5.82 Å². The summed E-state index contributed by atoms with van der Waals surface area (Å²) in [6.07, 6.45) is 6.87. The first-order valence-electron chi connectivity index (χ1n) is 3.92. The number of hydrogen-bond donors (Lipinski definition) is 0. The molecule has 0 amide bonds. The molecule has 0 saturated carbocycles. The predicted octanol–water partition coefficient (Wildman–Crippen LogP) is 2.94. The van der Waals surface area contributed by atoms with Crippen LogP contribution >= 0.6 is 0 Å². The SMILES string of the molecule is C#Cc1c(F)cccc1[C](C)C=C. The lowest BCUT2D eigenvalue weighted by Crippen LogP contribution is -1.97. The number of hydrogen-bond acceptors (Lipinski definition) is 0. The smallest absolute Gasteiger partial charge is 0.139 e. The molecular weight excluding hydrogens is 163 g/mol. The molecule has 0 bridgehead atoms. The summed E-state index contributed by atoms with van der Waals surface area (Å²) in [6.45, 7) is 5.46. The highest BCUT2D eigenvalue weighted by molar-refractivity contribution is 5.49. The van der Waals surface area contributed by atoms with Gasteiger partial charge in [-0.15, -0.1) is 13.0 Å². The maximum absolute atomic E-state index is 13.2. The van der Waals surface area contributed by atoms with E-state index in [1.165, 1.54) is 6.07 Å². The van der Waals surface area contributed by atoms with Gasteiger partial charge in [-0.25, -0.2) is 4.39 Å². The Morgan fingerprint density at radius 2 is 2.31 bits per heavy atom. The molecule has 0 N–H and O–H groups in total. The van der Waals surface area contributed by atoms with E-state index < -0.39 is 0 Å². The van der Waals surface area contributed by atoms with Gasteiger partial charge in [-0.05, 0) is 11.6 Å². The molecule has 0 aliphatic carbocycles. The molecule has 13 heavy (non-hydrogen) atoms. The first-order valence-corrected chi connectivity index (χ1v) is 3.92. The fourth-order valence-electron chi connectivity index (χ4n) is 1.11. The van der Waals surface area contributed by atoms with Crippen LogP contribution in [0.25, 0.3) is 0 Å². The molecule has 0 aliphatic rings. The lowest BCUT2D eigenvalue weighted by atomic mass is 9.96. The summed E-state index contributed by atoms with van der Waals surface area (Å²) in [5, 5.41) is 0. The van der Waals surface area contributed by atoms with E-state index in [4.69, 9.17) is 6.42 Å². The Morgan fingerprint density at radius 3 is 2.85 bits per heavy atom. The van der Waals surface area contributed by atoms with Crippen molar-refractivity contribution in [3.05, 3.63) is 53.7 Å². The number of rotatable bonds is 2. The second kappa shape index (κ2) is 3.91. The van der Waals surface area contributed by atoms with Gasteiger partial charge in [0.2, 0.25) is 0 Å². The summed E-state index contributed by atoms with van der Waals surface area (Å²) < 4.78 is 13.2. The monoisotopic (exact) mass is 173 g/mol. The maximum atomic E-state index is 13.2. The molecule has 0 saturated heterocycles. The topological polar surface area (TPSA) is 0 Å². The van der Waals surface area contributed by atoms with E-state index in [1.807, 2.05) is 6.92 Å². The number of terminal acetylenes is 1. The molecule has 0 spiro atoms. The summed E-state index contributed by atoms with van der Waals surface area (Å²) in [4.78, 5) is 0. The summed E-state index contributed by atoms with van der Waals surface area (Å²) in [5.74, 6) is 2.86. The third-order valence-corrected chi connectivity index (χ3v) is 1.89. The molecule has 0 atom stereocenters. The van der Waals surface area contributed by atoms with Crippen LogP contribution in [0.4, 0.5) is 4.39 Å². The second-order valence-corrected chi connectivity index (χ2v) is 2.69. The summed E-state index contributed by atoms with van der Waals surface area (Å²) >= 11 is 0. The van der Waals surface area contributed by atoms with Crippen molar-refractivity contribution < 1.29 is 4.39 Å². The Morgan fingerprint density at radius 1 is 1.62 bits per heavy atom. The zero-order valence-electron chi connectivity index (χ0n) is 7.47. The van der Waals surface area contributed by atoms with E-state index in [1.54, 1.807) is 18.2 Å². The van der Waals surface area contributed by atoms with Crippen LogP contribution in [0.3, 0.4) is 0 Å². The summed E-state index contributed by atoms with van der Waals surface area (Å²) in [5.41, 5.74) is 1.04. The van der Waals surface area contributed by atoms with Crippen molar-refractivity contribution in [3.63, 3.8) is 0 Å². The van der Waals surface area contributed by atoms with Crippen molar-refractivity contribution in [1.29, 1.82) is 0 Å². The molecule has 1 aromatic rings. The van der Waals surface area contributed by atoms with Crippen LogP contribution in [0.15, 0.2) is 30.9 Å². The number of halogens is 1. The molecule has 1 rings (SSSR count). The van der Waals surface area contributed by atoms with Gasteiger partial charge in [-0.3, -0.25) is 0 Å². The van der Waals surface area contributed by atoms with Crippen molar-refractivity contribution in [2.45, 2.75) is 6.92 Å². The first-order chi connectivity index (χ1) is 6.20. The van der Waals surface area contributed by atoms with Crippen molar-refractivity contribution in [2.24, 2.45) is 0 Å². The van der Waals surface area contributed by atoms with Gasteiger partial charge in [-0.1, -0.05) is 31.1 Å². The van der Waals surface area contributed by atoms with Crippen LogP contribution in [0.1, 0.15) is 18.1 Å². The Labute approximate surface area is 78.1 Å². The normalized spacial score (nSPS) is 9.69. The molecule has 1 radical (unpaired) electrons. The van der Waals surface area contributed by atoms with Gasteiger partial charge in [0, 0.05) is 5.92 Å². The highest BCUT2D eigenvalue weighted by Gasteiger charge is 2.09. The molecule has 0 aliphatic heterocycles. The molecule has 0 nitrogen and oxygen atoms in total. The van der Waals surface area contributed by atoms with E-state index in [9.17, 15) is 4.39 Å². The van der Waals surface area contributed by atoms with Crippen molar-refractivity contribution in [2.75, 3.05) is 0 Å². The molecular formula is C12H10F. The van der Waals surface area contributed by atoms with E-state index >= 15 is 0 Å². The first kappa shape index (κ1) is 9.54. The molecule has 0 aromatic heterocycles. The largest absolute Gasteiger partial charge is 0.206 e. The minimum atomic E-state index is -0.360. The van der Waals surface area contributed by atoms with Gasteiger partial charge in [0.25, 0.3) is 0 Å². The van der Waals surface area contributed by atoms with Crippen molar-refractivity contribution in [3.8, 4) is 12.3 Å². The molecule has 1 heteroatoms. The second-order valence-electron chi connectivity index (χ2n) is 2.69. The third kappa shape index (κ3) is 1.78. The third-order valence-electron chi connectivity index (χ3n) is 1.89. The Bertz CT molecular complexity index is 358. The molecule has 0 fully saturated rings. The fraction of sp³-hybridized carbons (Fsp3) is 0.0833. The Kier molecular flexibility index (Phi) is 2.87. The van der Waals surface area contributed by atoms with Gasteiger partial charge < -0.3 is 0 Å². The van der Waals surface area contributed by atoms with Gasteiger partial charge >= 0.3 is 0 Å². The minimum absolute atomic E-state index is 0.305. The average Bonchev–Trinajstić information content (AvgIpc) is 2.16. The maximum Gasteiger partial charge on any atom is 0.139 e.